The molecular formula is C11H23N3O. The molecule has 0 aromatic rings. The average Bonchev–Trinajstić information content (AvgIpc) is 2.66. The van der Waals surface area contributed by atoms with Gasteiger partial charge in [0.05, 0.1) is 13.2 Å². The number of hydrogen-bond donors (Lipinski definition) is 2. The van der Waals surface area contributed by atoms with E-state index in [1.54, 1.807) is 0 Å². The molecule has 1 heterocycles. The highest BCUT2D eigenvalue weighted by Crippen LogP contribution is 2.16. The van der Waals surface area contributed by atoms with Gasteiger partial charge in [0.15, 0.2) is 0 Å². The van der Waals surface area contributed by atoms with Gasteiger partial charge in [-0.15, -0.1) is 0 Å². The summed E-state index contributed by atoms with van der Waals surface area (Å²) in [6, 6.07) is 0.945. The Morgan fingerprint density at radius 3 is 2.73 bits per heavy atom. The second-order valence-electron chi connectivity index (χ2n) is 4.61. The molecule has 2 aliphatic rings. The summed E-state index contributed by atoms with van der Waals surface area (Å²) in [4.78, 5) is 2.46. The van der Waals surface area contributed by atoms with E-state index in [-0.39, 0.29) is 0 Å². The van der Waals surface area contributed by atoms with Crippen molar-refractivity contribution in [3.05, 3.63) is 0 Å². The van der Waals surface area contributed by atoms with Crippen LogP contribution in [0, 0.1) is 0 Å². The minimum Gasteiger partial charge on any atom is -0.379 e. The molecular weight excluding hydrogens is 190 g/mol. The van der Waals surface area contributed by atoms with Gasteiger partial charge in [-0.3, -0.25) is 4.90 Å². The molecule has 88 valence electrons. The van der Waals surface area contributed by atoms with Gasteiger partial charge in [-0.2, -0.15) is 0 Å². The predicted molar refractivity (Wildman–Crippen MR) is 60.9 cm³/mol. The molecule has 1 aliphatic heterocycles. The van der Waals surface area contributed by atoms with Crippen LogP contribution in [-0.2, 0) is 4.74 Å². The molecule has 1 aliphatic carbocycles. The van der Waals surface area contributed by atoms with Gasteiger partial charge in [0.1, 0.15) is 0 Å². The fourth-order valence-electron chi connectivity index (χ4n) is 2.47. The lowest BCUT2D eigenvalue weighted by molar-refractivity contribution is 0.0381. The number of nitrogens with two attached hydrogens (primary N) is 1. The van der Waals surface area contributed by atoms with E-state index >= 15 is 0 Å². The van der Waals surface area contributed by atoms with Crippen molar-refractivity contribution in [1.29, 1.82) is 0 Å². The third-order valence-electron chi connectivity index (χ3n) is 3.51. The quantitative estimate of drug-likeness (QED) is 0.678. The number of hydrogen-bond acceptors (Lipinski definition) is 4. The number of nitrogens with one attached hydrogen (secondary N) is 1. The summed E-state index contributed by atoms with van der Waals surface area (Å²) in [7, 11) is 0. The van der Waals surface area contributed by atoms with Crippen molar-refractivity contribution in [2.45, 2.75) is 31.3 Å². The SMILES string of the molecule is N[C@@H]1CCC[C@H]1NCCN1CCOCC1. The van der Waals surface area contributed by atoms with E-state index in [9.17, 15) is 0 Å². The van der Waals surface area contributed by atoms with E-state index in [0.29, 0.717) is 12.1 Å². The maximum atomic E-state index is 6.00. The van der Waals surface area contributed by atoms with Gasteiger partial charge in [-0.05, 0) is 12.8 Å². The highest BCUT2D eigenvalue weighted by Gasteiger charge is 2.23. The van der Waals surface area contributed by atoms with Gasteiger partial charge >= 0.3 is 0 Å². The van der Waals surface area contributed by atoms with Gasteiger partial charge in [-0.25, -0.2) is 0 Å². The maximum Gasteiger partial charge on any atom is 0.0594 e. The Kier molecular flexibility index (Phi) is 4.38. The van der Waals surface area contributed by atoms with Crippen LogP contribution in [0.3, 0.4) is 0 Å². The molecule has 3 N–H and O–H groups in total. The summed E-state index contributed by atoms with van der Waals surface area (Å²) in [5.41, 5.74) is 6.00. The molecule has 1 saturated carbocycles. The zero-order valence-electron chi connectivity index (χ0n) is 9.45. The van der Waals surface area contributed by atoms with E-state index < -0.39 is 0 Å². The van der Waals surface area contributed by atoms with E-state index in [1.807, 2.05) is 0 Å². The maximum absolute atomic E-state index is 6.00. The lowest BCUT2D eigenvalue weighted by Gasteiger charge is -2.27. The summed E-state index contributed by atoms with van der Waals surface area (Å²) >= 11 is 0. The molecule has 2 rings (SSSR count). The molecule has 2 atom stereocenters. The van der Waals surface area contributed by atoms with E-state index in [1.165, 1.54) is 19.3 Å². The predicted octanol–water partition coefficient (Wildman–Crippen LogP) is -0.212. The Labute approximate surface area is 92.1 Å². The van der Waals surface area contributed by atoms with Crippen molar-refractivity contribution in [3.8, 4) is 0 Å². The Morgan fingerprint density at radius 1 is 1.27 bits per heavy atom. The van der Waals surface area contributed by atoms with Crippen LogP contribution in [0.25, 0.3) is 0 Å². The van der Waals surface area contributed by atoms with Gasteiger partial charge in [0.2, 0.25) is 0 Å². The molecule has 15 heavy (non-hydrogen) atoms. The minimum atomic E-state index is 0.384. The topological polar surface area (TPSA) is 50.5 Å². The fraction of sp³-hybridized carbons (Fsp3) is 1.00. The number of nitrogens with zero attached hydrogens (tertiary/aromatic N) is 1. The third kappa shape index (κ3) is 3.41. The largest absolute Gasteiger partial charge is 0.379 e. The molecule has 0 aromatic heterocycles. The fourth-order valence-corrected chi connectivity index (χ4v) is 2.47. The van der Waals surface area contributed by atoms with Crippen molar-refractivity contribution >= 4 is 0 Å². The summed E-state index contributed by atoms with van der Waals surface area (Å²) in [6.07, 6.45) is 3.73. The molecule has 1 saturated heterocycles. The Bertz CT molecular complexity index is 183. The number of ether oxygens (including phenoxy) is 1. The normalized spacial score (nSPS) is 33.4. The van der Waals surface area contributed by atoms with E-state index in [0.717, 1.165) is 39.4 Å². The van der Waals surface area contributed by atoms with Crippen molar-refractivity contribution in [2.24, 2.45) is 5.73 Å². The lowest BCUT2D eigenvalue weighted by Crippen LogP contribution is -2.46. The molecule has 0 spiro atoms. The van der Waals surface area contributed by atoms with Crippen molar-refractivity contribution in [2.75, 3.05) is 39.4 Å². The minimum absolute atomic E-state index is 0.384. The Balaban J connectivity index is 1.57. The Morgan fingerprint density at radius 2 is 2.07 bits per heavy atom. The zero-order chi connectivity index (χ0) is 10.5. The van der Waals surface area contributed by atoms with Gasteiger partial charge in [-0.1, -0.05) is 6.42 Å². The standard InChI is InChI=1S/C11H23N3O/c12-10-2-1-3-11(10)13-4-5-14-6-8-15-9-7-14/h10-11,13H,1-9,12H2/t10-,11-/m1/s1. The molecule has 4 heteroatoms. The van der Waals surface area contributed by atoms with Crippen LogP contribution in [-0.4, -0.2) is 56.4 Å². The van der Waals surface area contributed by atoms with Crippen LogP contribution in [0.1, 0.15) is 19.3 Å². The highest BCUT2D eigenvalue weighted by molar-refractivity contribution is 4.85. The summed E-state index contributed by atoms with van der Waals surface area (Å²) in [5.74, 6) is 0. The van der Waals surface area contributed by atoms with E-state index in [4.69, 9.17) is 10.5 Å². The van der Waals surface area contributed by atoms with Crippen LogP contribution in [0.5, 0.6) is 0 Å². The molecule has 2 fully saturated rings. The first-order chi connectivity index (χ1) is 7.36. The van der Waals surface area contributed by atoms with Crippen molar-refractivity contribution in [1.82, 2.24) is 10.2 Å². The Hall–Kier alpha value is -0.160. The molecule has 0 radical (unpaired) electrons. The summed E-state index contributed by atoms with van der Waals surface area (Å²) < 4.78 is 5.31. The summed E-state index contributed by atoms with van der Waals surface area (Å²) in [6.45, 7) is 6.15. The number of morpholine rings is 1. The third-order valence-corrected chi connectivity index (χ3v) is 3.51. The smallest absolute Gasteiger partial charge is 0.0594 e. The average molecular weight is 213 g/mol. The van der Waals surface area contributed by atoms with Gasteiger partial charge in [0, 0.05) is 38.3 Å². The van der Waals surface area contributed by atoms with Crippen LogP contribution in [0.2, 0.25) is 0 Å². The van der Waals surface area contributed by atoms with Gasteiger partial charge < -0.3 is 15.8 Å². The monoisotopic (exact) mass is 213 g/mol. The second kappa shape index (κ2) is 5.80. The zero-order valence-corrected chi connectivity index (χ0v) is 9.45. The highest BCUT2D eigenvalue weighted by atomic mass is 16.5. The molecule has 0 aromatic carbocycles. The van der Waals surface area contributed by atoms with Crippen LogP contribution < -0.4 is 11.1 Å². The van der Waals surface area contributed by atoms with Gasteiger partial charge in [0.25, 0.3) is 0 Å². The summed E-state index contributed by atoms with van der Waals surface area (Å²) in [5, 5.41) is 3.57. The van der Waals surface area contributed by atoms with Crippen LogP contribution >= 0.6 is 0 Å². The lowest BCUT2D eigenvalue weighted by atomic mass is 10.2. The second-order valence-corrected chi connectivity index (χ2v) is 4.61. The van der Waals surface area contributed by atoms with Crippen molar-refractivity contribution < 1.29 is 4.74 Å². The first-order valence-corrected chi connectivity index (χ1v) is 6.15. The number of rotatable bonds is 4. The first-order valence-electron chi connectivity index (χ1n) is 6.15. The van der Waals surface area contributed by atoms with Crippen molar-refractivity contribution in [3.63, 3.8) is 0 Å². The first kappa shape index (κ1) is 11.3. The molecule has 0 amide bonds. The molecule has 4 nitrogen and oxygen atoms in total. The molecule has 0 bridgehead atoms. The van der Waals surface area contributed by atoms with Crippen LogP contribution in [0.15, 0.2) is 0 Å². The molecule has 0 unspecified atom stereocenters. The van der Waals surface area contributed by atoms with E-state index in [2.05, 4.69) is 10.2 Å². The van der Waals surface area contributed by atoms with Crippen LogP contribution in [0.4, 0.5) is 0 Å².